The Hall–Kier alpha value is -2.02. The summed E-state index contributed by atoms with van der Waals surface area (Å²) in [5, 5.41) is 12.9. The van der Waals surface area contributed by atoms with Gasteiger partial charge in [-0.1, -0.05) is 0 Å². The van der Waals surface area contributed by atoms with Gasteiger partial charge in [0.2, 0.25) is 5.82 Å². The molecule has 0 atom stereocenters. The van der Waals surface area contributed by atoms with Crippen molar-refractivity contribution in [3.63, 3.8) is 0 Å². The van der Waals surface area contributed by atoms with Gasteiger partial charge in [-0.2, -0.15) is 4.39 Å². The fourth-order valence-corrected chi connectivity index (χ4v) is 1.72. The van der Waals surface area contributed by atoms with Crippen LogP contribution in [0.2, 0.25) is 0 Å². The number of rotatable bonds is 4. The number of hydrogen-bond acceptors (Lipinski definition) is 5. The van der Waals surface area contributed by atoms with Gasteiger partial charge in [0.25, 0.3) is 0 Å². The number of hydrogen-bond donors (Lipinski definition) is 0. The van der Waals surface area contributed by atoms with E-state index in [4.69, 9.17) is 4.74 Å². The Morgan fingerprint density at radius 2 is 2.35 bits per heavy atom. The Balaban J connectivity index is 2.07. The molecule has 1 aromatic heterocycles. The molecule has 0 fully saturated rings. The van der Waals surface area contributed by atoms with Crippen LogP contribution in [0.25, 0.3) is 0 Å². The van der Waals surface area contributed by atoms with Gasteiger partial charge in [0.15, 0.2) is 0 Å². The zero-order valence-electron chi connectivity index (χ0n) is 8.50. The number of nitrogens with zero attached hydrogens (tertiary/aromatic N) is 2. The molecule has 0 aliphatic rings. The maximum atomic E-state index is 13.2. The molecule has 0 saturated carbocycles. The first-order valence-corrected chi connectivity index (χ1v) is 5.50. The van der Waals surface area contributed by atoms with Crippen molar-refractivity contribution in [2.24, 2.45) is 0 Å². The van der Waals surface area contributed by atoms with E-state index < -0.39 is 16.4 Å². The first-order chi connectivity index (χ1) is 8.16. The van der Waals surface area contributed by atoms with Crippen LogP contribution in [0, 0.1) is 15.9 Å². The van der Waals surface area contributed by atoms with Crippen molar-refractivity contribution in [3.05, 3.63) is 50.7 Å². The van der Waals surface area contributed by atoms with Gasteiger partial charge in [0.1, 0.15) is 17.4 Å². The van der Waals surface area contributed by atoms with Crippen LogP contribution in [0.1, 0.15) is 5.01 Å². The zero-order chi connectivity index (χ0) is 12.3. The molecule has 0 radical (unpaired) electrons. The summed E-state index contributed by atoms with van der Waals surface area (Å²) < 4.78 is 18.5. The Morgan fingerprint density at radius 3 is 2.94 bits per heavy atom. The molecule has 0 N–H and O–H groups in total. The van der Waals surface area contributed by atoms with Crippen LogP contribution >= 0.6 is 11.3 Å². The van der Waals surface area contributed by atoms with E-state index in [1.165, 1.54) is 17.4 Å². The van der Waals surface area contributed by atoms with Crippen LogP contribution in [0.15, 0.2) is 29.8 Å². The third-order valence-electron chi connectivity index (χ3n) is 1.96. The highest BCUT2D eigenvalue weighted by molar-refractivity contribution is 7.09. The Labute approximate surface area is 99.6 Å². The molecule has 0 unspecified atom stereocenters. The molecule has 0 spiro atoms. The van der Waals surface area contributed by atoms with E-state index in [9.17, 15) is 14.5 Å². The van der Waals surface area contributed by atoms with Gasteiger partial charge >= 0.3 is 5.69 Å². The van der Waals surface area contributed by atoms with Crippen molar-refractivity contribution < 1.29 is 14.1 Å². The van der Waals surface area contributed by atoms with Gasteiger partial charge in [-0.05, 0) is 6.07 Å². The molecular weight excluding hydrogens is 247 g/mol. The molecule has 88 valence electrons. The Morgan fingerprint density at radius 1 is 1.53 bits per heavy atom. The minimum absolute atomic E-state index is 0.217. The summed E-state index contributed by atoms with van der Waals surface area (Å²) in [4.78, 5) is 13.6. The number of nitro benzene ring substituents is 1. The maximum absolute atomic E-state index is 13.2. The number of benzene rings is 1. The highest BCUT2D eigenvalue weighted by Crippen LogP contribution is 2.23. The largest absolute Gasteiger partial charge is 0.486 e. The molecule has 0 saturated heterocycles. The lowest BCUT2D eigenvalue weighted by atomic mass is 10.3. The van der Waals surface area contributed by atoms with Gasteiger partial charge in [-0.15, -0.1) is 11.3 Å². The van der Waals surface area contributed by atoms with Crippen LogP contribution in [0.3, 0.4) is 0 Å². The monoisotopic (exact) mass is 254 g/mol. The summed E-state index contributed by atoms with van der Waals surface area (Å²) in [6, 6.07) is 3.42. The highest BCUT2D eigenvalue weighted by Gasteiger charge is 2.14. The molecule has 1 aromatic carbocycles. The standard InChI is InChI=1S/C10H7FN2O3S/c11-8-5-7(1-2-9(8)13(14)15)16-6-10-12-3-4-17-10/h1-5H,6H2. The van der Waals surface area contributed by atoms with Gasteiger partial charge < -0.3 is 4.74 Å². The summed E-state index contributed by atoms with van der Waals surface area (Å²) in [5.41, 5.74) is -0.563. The number of thiazole rings is 1. The number of aromatic nitrogens is 1. The highest BCUT2D eigenvalue weighted by atomic mass is 32.1. The lowest BCUT2D eigenvalue weighted by molar-refractivity contribution is -0.387. The third-order valence-corrected chi connectivity index (χ3v) is 2.71. The van der Waals surface area contributed by atoms with Crippen LogP contribution in [0.5, 0.6) is 5.75 Å². The molecule has 0 aliphatic heterocycles. The molecule has 0 aliphatic carbocycles. The van der Waals surface area contributed by atoms with Gasteiger partial charge in [-0.25, -0.2) is 4.98 Å². The van der Waals surface area contributed by atoms with Crippen molar-refractivity contribution >= 4 is 17.0 Å². The Kier molecular flexibility index (Phi) is 3.29. The van der Waals surface area contributed by atoms with Crippen LogP contribution in [-0.2, 0) is 6.61 Å². The molecule has 1 heterocycles. The first-order valence-electron chi connectivity index (χ1n) is 4.62. The fraction of sp³-hybridized carbons (Fsp3) is 0.100. The number of ether oxygens (including phenoxy) is 1. The first kappa shape index (κ1) is 11.5. The summed E-state index contributed by atoms with van der Waals surface area (Å²) in [6.45, 7) is 0.217. The van der Waals surface area contributed by atoms with E-state index in [-0.39, 0.29) is 12.4 Å². The SMILES string of the molecule is O=[N+]([O-])c1ccc(OCc2nccs2)cc1F. The minimum atomic E-state index is -0.911. The molecule has 7 heteroatoms. The minimum Gasteiger partial charge on any atom is -0.486 e. The number of nitro groups is 1. The van der Waals surface area contributed by atoms with E-state index in [2.05, 4.69) is 4.98 Å². The van der Waals surface area contributed by atoms with Gasteiger partial charge in [0.05, 0.1) is 4.92 Å². The summed E-state index contributed by atoms with van der Waals surface area (Å²) in [6.07, 6.45) is 1.64. The molecule has 0 amide bonds. The predicted molar refractivity (Wildman–Crippen MR) is 59.5 cm³/mol. The van der Waals surface area contributed by atoms with Crippen LogP contribution < -0.4 is 4.74 Å². The van der Waals surface area contributed by atoms with Crippen molar-refractivity contribution in [2.75, 3.05) is 0 Å². The number of halogens is 1. The predicted octanol–water partition coefficient (Wildman–Crippen LogP) is 2.77. The lowest BCUT2D eigenvalue weighted by Gasteiger charge is -2.03. The van der Waals surface area contributed by atoms with E-state index in [1.54, 1.807) is 11.6 Å². The molecular formula is C10H7FN2O3S. The average Bonchev–Trinajstić information content (AvgIpc) is 2.78. The van der Waals surface area contributed by atoms with Crippen molar-refractivity contribution in [3.8, 4) is 5.75 Å². The van der Waals surface area contributed by atoms with Crippen LogP contribution in [-0.4, -0.2) is 9.91 Å². The van der Waals surface area contributed by atoms with Crippen molar-refractivity contribution in [2.45, 2.75) is 6.61 Å². The molecule has 5 nitrogen and oxygen atoms in total. The Bertz CT molecular complexity index is 530. The second-order valence-corrected chi connectivity index (χ2v) is 4.06. The van der Waals surface area contributed by atoms with Crippen LogP contribution in [0.4, 0.5) is 10.1 Å². The van der Waals surface area contributed by atoms with E-state index in [0.29, 0.717) is 0 Å². The van der Waals surface area contributed by atoms with E-state index in [0.717, 1.165) is 17.1 Å². The van der Waals surface area contributed by atoms with Crippen molar-refractivity contribution in [1.82, 2.24) is 4.98 Å². The maximum Gasteiger partial charge on any atom is 0.305 e. The molecule has 17 heavy (non-hydrogen) atoms. The second-order valence-electron chi connectivity index (χ2n) is 3.08. The quantitative estimate of drug-likeness (QED) is 0.621. The average molecular weight is 254 g/mol. The van der Waals surface area contributed by atoms with E-state index in [1.807, 2.05) is 0 Å². The fourth-order valence-electron chi connectivity index (χ4n) is 1.19. The summed E-state index contributed by atoms with van der Waals surface area (Å²) in [7, 11) is 0. The zero-order valence-corrected chi connectivity index (χ0v) is 9.32. The molecule has 2 rings (SSSR count). The van der Waals surface area contributed by atoms with Crippen molar-refractivity contribution in [1.29, 1.82) is 0 Å². The normalized spacial score (nSPS) is 10.2. The summed E-state index contributed by atoms with van der Waals surface area (Å²) >= 11 is 1.42. The summed E-state index contributed by atoms with van der Waals surface area (Å²) in [5.74, 6) is -0.671. The molecule has 2 aromatic rings. The van der Waals surface area contributed by atoms with E-state index >= 15 is 0 Å². The topological polar surface area (TPSA) is 65.3 Å². The van der Waals surface area contributed by atoms with Gasteiger partial charge in [-0.3, -0.25) is 10.1 Å². The second kappa shape index (κ2) is 4.88. The lowest BCUT2D eigenvalue weighted by Crippen LogP contribution is -1.97. The third kappa shape index (κ3) is 2.76. The molecule has 0 bridgehead atoms. The smallest absolute Gasteiger partial charge is 0.305 e. The van der Waals surface area contributed by atoms with Gasteiger partial charge in [0, 0.05) is 23.7 Å².